The molecule has 1 fully saturated rings. The number of hydrogen-bond donors (Lipinski definition) is 0. The highest BCUT2D eigenvalue weighted by Crippen LogP contribution is 2.28. The molecule has 35 heavy (non-hydrogen) atoms. The van der Waals surface area contributed by atoms with Crippen LogP contribution in [0.4, 0.5) is 0 Å². The molecule has 178 valence electrons. The average molecular weight is 470 g/mol. The molecule has 0 atom stereocenters. The predicted octanol–water partition coefficient (Wildman–Crippen LogP) is 4.45. The van der Waals surface area contributed by atoms with E-state index in [1.807, 2.05) is 60.7 Å². The molecule has 0 radical (unpaired) electrons. The SMILES string of the molecule is COc1cc(-c2ccc(OCC(=O)N3CCOCC3)cc2)nn1-c1ccc(-c2ccccc2)cc1. The molecule has 1 aliphatic rings. The molecule has 1 saturated heterocycles. The zero-order chi connectivity index (χ0) is 24.0. The van der Waals surface area contributed by atoms with Gasteiger partial charge in [-0.2, -0.15) is 5.10 Å². The Morgan fingerprint density at radius 2 is 1.54 bits per heavy atom. The molecule has 2 heterocycles. The number of aromatic nitrogens is 2. The summed E-state index contributed by atoms with van der Waals surface area (Å²) in [4.78, 5) is 14.1. The molecule has 0 spiro atoms. The van der Waals surface area contributed by atoms with Gasteiger partial charge in [-0.15, -0.1) is 0 Å². The molecule has 4 aromatic rings. The minimum Gasteiger partial charge on any atom is -0.484 e. The Morgan fingerprint density at radius 3 is 2.23 bits per heavy atom. The predicted molar refractivity (Wildman–Crippen MR) is 134 cm³/mol. The van der Waals surface area contributed by atoms with Crippen LogP contribution in [0.2, 0.25) is 0 Å². The number of benzene rings is 3. The van der Waals surface area contributed by atoms with E-state index in [-0.39, 0.29) is 12.5 Å². The third-order valence-electron chi connectivity index (χ3n) is 5.98. The highest BCUT2D eigenvalue weighted by molar-refractivity contribution is 5.78. The first-order valence-electron chi connectivity index (χ1n) is 11.6. The van der Waals surface area contributed by atoms with E-state index in [2.05, 4.69) is 24.3 Å². The van der Waals surface area contributed by atoms with Crippen LogP contribution in [0.15, 0.2) is 84.9 Å². The van der Waals surface area contributed by atoms with Gasteiger partial charge in [0.1, 0.15) is 5.75 Å². The van der Waals surface area contributed by atoms with Crippen LogP contribution in [0.5, 0.6) is 11.6 Å². The van der Waals surface area contributed by atoms with E-state index < -0.39 is 0 Å². The highest BCUT2D eigenvalue weighted by atomic mass is 16.5. The summed E-state index contributed by atoms with van der Waals surface area (Å²) in [7, 11) is 1.64. The quantitative estimate of drug-likeness (QED) is 0.400. The fourth-order valence-corrected chi connectivity index (χ4v) is 4.03. The van der Waals surface area contributed by atoms with Gasteiger partial charge in [-0.1, -0.05) is 42.5 Å². The number of ether oxygens (including phenoxy) is 3. The van der Waals surface area contributed by atoms with Gasteiger partial charge in [0.25, 0.3) is 5.91 Å². The largest absolute Gasteiger partial charge is 0.484 e. The first kappa shape index (κ1) is 22.7. The minimum atomic E-state index is -0.0286. The normalized spacial score (nSPS) is 13.5. The Labute approximate surface area is 204 Å². The van der Waals surface area contributed by atoms with Gasteiger partial charge in [0.2, 0.25) is 5.88 Å². The summed E-state index contributed by atoms with van der Waals surface area (Å²) in [5.74, 6) is 1.25. The van der Waals surface area contributed by atoms with Gasteiger partial charge >= 0.3 is 0 Å². The second-order valence-electron chi connectivity index (χ2n) is 8.20. The maximum Gasteiger partial charge on any atom is 0.260 e. The molecule has 3 aromatic carbocycles. The van der Waals surface area contributed by atoms with Crippen molar-refractivity contribution >= 4 is 5.91 Å². The van der Waals surface area contributed by atoms with Gasteiger partial charge in [0.05, 0.1) is 31.7 Å². The zero-order valence-corrected chi connectivity index (χ0v) is 19.6. The van der Waals surface area contributed by atoms with Crippen molar-refractivity contribution in [3.05, 3.63) is 84.9 Å². The Kier molecular flexibility index (Phi) is 6.77. The van der Waals surface area contributed by atoms with Gasteiger partial charge < -0.3 is 19.1 Å². The number of carbonyl (C=O) groups is 1. The highest BCUT2D eigenvalue weighted by Gasteiger charge is 2.17. The molecule has 0 aliphatic carbocycles. The summed E-state index contributed by atoms with van der Waals surface area (Å²) in [6.45, 7) is 2.39. The summed E-state index contributed by atoms with van der Waals surface area (Å²) in [5.41, 5.74) is 4.93. The third kappa shape index (κ3) is 5.20. The number of morpholine rings is 1. The van der Waals surface area contributed by atoms with Gasteiger partial charge in [-0.05, 0) is 47.5 Å². The molecular weight excluding hydrogens is 442 g/mol. The van der Waals surface area contributed by atoms with E-state index >= 15 is 0 Å². The van der Waals surface area contributed by atoms with E-state index in [0.717, 1.165) is 22.5 Å². The van der Waals surface area contributed by atoms with Crippen molar-refractivity contribution in [3.8, 4) is 39.7 Å². The number of amides is 1. The summed E-state index contributed by atoms with van der Waals surface area (Å²) in [6.07, 6.45) is 0. The summed E-state index contributed by atoms with van der Waals surface area (Å²) < 4.78 is 18.4. The summed E-state index contributed by atoms with van der Waals surface area (Å²) >= 11 is 0. The average Bonchev–Trinajstić information content (AvgIpc) is 3.38. The number of hydrogen-bond acceptors (Lipinski definition) is 5. The minimum absolute atomic E-state index is 0.0147. The monoisotopic (exact) mass is 469 g/mol. The fourth-order valence-electron chi connectivity index (χ4n) is 4.03. The van der Waals surface area contributed by atoms with Crippen LogP contribution in [0.25, 0.3) is 28.1 Å². The molecule has 7 nitrogen and oxygen atoms in total. The van der Waals surface area contributed by atoms with E-state index in [1.165, 1.54) is 5.56 Å². The van der Waals surface area contributed by atoms with E-state index in [4.69, 9.17) is 19.3 Å². The van der Waals surface area contributed by atoms with Crippen molar-refractivity contribution in [2.45, 2.75) is 0 Å². The van der Waals surface area contributed by atoms with Gasteiger partial charge in [-0.25, -0.2) is 4.68 Å². The van der Waals surface area contributed by atoms with Gasteiger partial charge in [-0.3, -0.25) is 4.79 Å². The molecule has 1 aromatic heterocycles. The van der Waals surface area contributed by atoms with Crippen LogP contribution >= 0.6 is 0 Å². The summed E-state index contributed by atoms with van der Waals surface area (Å²) in [5, 5.41) is 4.77. The fraction of sp³-hybridized carbons (Fsp3) is 0.214. The Hall–Kier alpha value is -4.10. The standard InChI is InChI=1S/C28H27N3O4/c1-33-28-19-26(29-31(28)24-11-7-22(8-12-24)21-5-3-2-4-6-21)23-9-13-25(14-10-23)35-20-27(32)30-15-17-34-18-16-30/h2-14,19H,15-18,20H2,1H3. The molecule has 1 amide bonds. The van der Waals surface area contributed by atoms with E-state index in [1.54, 1.807) is 16.7 Å². The van der Waals surface area contributed by atoms with Crippen molar-refractivity contribution in [2.75, 3.05) is 40.0 Å². The van der Waals surface area contributed by atoms with Crippen LogP contribution in [0, 0.1) is 0 Å². The smallest absolute Gasteiger partial charge is 0.260 e. The molecule has 5 rings (SSSR count). The molecule has 0 saturated carbocycles. The molecule has 1 aliphatic heterocycles. The molecule has 0 N–H and O–H groups in total. The van der Waals surface area contributed by atoms with Crippen LogP contribution < -0.4 is 9.47 Å². The van der Waals surface area contributed by atoms with Gasteiger partial charge in [0.15, 0.2) is 6.61 Å². The van der Waals surface area contributed by atoms with Crippen LogP contribution in [0.3, 0.4) is 0 Å². The van der Waals surface area contributed by atoms with Crippen molar-refractivity contribution in [2.24, 2.45) is 0 Å². The third-order valence-corrected chi connectivity index (χ3v) is 5.98. The number of carbonyl (C=O) groups excluding carboxylic acids is 1. The second kappa shape index (κ2) is 10.4. The zero-order valence-electron chi connectivity index (χ0n) is 19.6. The molecule has 7 heteroatoms. The Balaban J connectivity index is 1.28. The first-order valence-corrected chi connectivity index (χ1v) is 11.6. The van der Waals surface area contributed by atoms with Crippen molar-refractivity contribution in [1.82, 2.24) is 14.7 Å². The van der Waals surface area contributed by atoms with E-state index in [9.17, 15) is 4.79 Å². The van der Waals surface area contributed by atoms with Gasteiger partial charge in [0, 0.05) is 24.7 Å². The summed E-state index contributed by atoms with van der Waals surface area (Å²) in [6, 6.07) is 27.9. The van der Waals surface area contributed by atoms with Crippen molar-refractivity contribution in [1.29, 1.82) is 0 Å². The molecule has 0 unspecified atom stereocenters. The Bertz CT molecular complexity index is 1260. The number of rotatable bonds is 7. The lowest BCUT2D eigenvalue weighted by Crippen LogP contribution is -2.42. The molecular formula is C28H27N3O4. The lowest BCUT2D eigenvalue weighted by molar-refractivity contribution is -0.137. The number of methoxy groups -OCH3 is 1. The van der Waals surface area contributed by atoms with Crippen LogP contribution in [-0.2, 0) is 9.53 Å². The topological polar surface area (TPSA) is 65.8 Å². The lowest BCUT2D eigenvalue weighted by atomic mass is 10.1. The maximum absolute atomic E-state index is 12.3. The number of nitrogens with zero attached hydrogens (tertiary/aromatic N) is 3. The maximum atomic E-state index is 12.3. The lowest BCUT2D eigenvalue weighted by Gasteiger charge is -2.26. The second-order valence-corrected chi connectivity index (χ2v) is 8.20. The van der Waals surface area contributed by atoms with Crippen molar-refractivity contribution < 1.29 is 19.0 Å². The Morgan fingerprint density at radius 1 is 0.886 bits per heavy atom. The first-order chi connectivity index (χ1) is 17.2. The van der Waals surface area contributed by atoms with Crippen LogP contribution in [0.1, 0.15) is 0 Å². The van der Waals surface area contributed by atoms with Crippen LogP contribution in [-0.4, -0.2) is 60.6 Å². The van der Waals surface area contributed by atoms with E-state index in [0.29, 0.717) is 37.9 Å². The molecule has 0 bridgehead atoms. The van der Waals surface area contributed by atoms with Crippen molar-refractivity contribution in [3.63, 3.8) is 0 Å².